The second kappa shape index (κ2) is 8.26. The Hall–Kier alpha value is -1.67. The second-order valence-electron chi connectivity index (χ2n) is 4.28. The maximum Gasteiger partial charge on any atom is 0.341 e. The van der Waals surface area contributed by atoms with Gasteiger partial charge in [0.2, 0.25) is 0 Å². The van der Waals surface area contributed by atoms with Crippen LogP contribution in [0.3, 0.4) is 0 Å². The normalized spacial score (nSPS) is 10.7. The number of ether oxygens (including phenoxy) is 2. The molecular formula is C15H12BrF2NO3S. The van der Waals surface area contributed by atoms with Crippen LogP contribution in [0.2, 0.25) is 0 Å². The highest BCUT2D eigenvalue weighted by atomic mass is 79.9. The molecule has 1 heterocycles. The molecule has 0 atom stereocenters. The molecule has 0 fully saturated rings. The first kappa shape index (κ1) is 17.7. The molecule has 0 radical (unpaired) electrons. The van der Waals surface area contributed by atoms with Gasteiger partial charge in [0.25, 0.3) is 5.76 Å². The summed E-state index contributed by atoms with van der Waals surface area (Å²) in [5.41, 5.74) is 0.753. The Morgan fingerprint density at radius 1 is 1.39 bits per heavy atom. The molecular weight excluding hydrogens is 392 g/mol. The van der Waals surface area contributed by atoms with E-state index in [2.05, 4.69) is 20.9 Å². The lowest BCUT2D eigenvalue weighted by Crippen LogP contribution is -2.08. The predicted molar refractivity (Wildman–Crippen MR) is 85.9 cm³/mol. The van der Waals surface area contributed by atoms with Crippen LogP contribution >= 0.6 is 27.7 Å². The number of alkyl halides is 2. The third kappa shape index (κ3) is 4.90. The predicted octanol–water partition coefficient (Wildman–Crippen LogP) is 4.52. The zero-order chi connectivity index (χ0) is 16.8. The maximum absolute atomic E-state index is 12.5. The van der Waals surface area contributed by atoms with E-state index in [0.717, 1.165) is 10.0 Å². The third-order valence-electron chi connectivity index (χ3n) is 2.78. The first-order chi connectivity index (χ1) is 11.0. The standard InChI is InChI=1S/C15H12BrF2NO3S/c1-21-12-5-4-9(7-11(12)16)8-22-14(20)10-3-2-6-19-13(10)23-15(17)18/h2-7,15H,8H2,1H3. The molecule has 0 aliphatic heterocycles. The fraction of sp³-hybridized carbons (Fsp3) is 0.200. The molecule has 8 heteroatoms. The number of esters is 1. The number of hydrogen-bond acceptors (Lipinski definition) is 5. The average Bonchev–Trinajstić information content (AvgIpc) is 2.52. The Labute approximate surface area is 144 Å². The topological polar surface area (TPSA) is 48.4 Å². The Bertz CT molecular complexity index is 700. The van der Waals surface area contributed by atoms with Crippen LogP contribution in [0.15, 0.2) is 46.0 Å². The number of carbonyl (C=O) groups excluding carboxylic acids is 1. The summed E-state index contributed by atoms with van der Waals surface area (Å²) in [5.74, 6) is -2.70. The van der Waals surface area contributed by atoms with Gasteiger partial charge < -0.3 is 9.47 Å². The van der Waals surface area contributed by atoms with Gasteiger partial charge in [-0.2, -0.15) is 8.78 Å². The molecule has 0 aliphatic carbocycles. The quantitative estimate of drug-likeness (QED) is 0.523. The number of aromatic nitrogens is 1. The van der Waals surface area contributed by atoms with Gasteiger partial charge in [0.15, 0.2) is 0 Å². The molecule has 0 saturated heterocycles. The van der Waals surface area contributed by atoms with Crippen LogP contribution in [0.4, 0.5) is 8.78 Å². The van der Waals surface area contributed by atoms with Crippen LogP contribution in [-0.2, 0) is 11.3 Å². The van der Waals surface area contributed by atoms with Gasteiger partial charge >= 0.3 is 5.97 Å². The molecule has 1 aromatic carbocycles. The number of pyridine rings is 1. The van der Waals surface area contributed by atoms with Crippen molar-refractivity contribution in [1.82, 2.24) is 4.98 Å². The van der Waals surface area contributed by atoms with Gasteiger partial charge in [0.05, 0.1) is 17.1 Å². The van der Waals surface area contributed by atoms with E-state index in [1.54, 1.807) is 25.3 Å². The summed E-state index contributed by atoms with van der Waals surface area (Å²) in [7, 11) is 1.55. The molecule has 4 nitrogen and oxygen atoms in total. The van der Waals surface area contributed by atoms with Crippen LogP contribution in [0, 0.1) is 0 Å². The largest absolute Gasteiger partial charge is 0.496 e. The van der Waals surface area contributed by atoms with E-state index in [4.69, 9.17) is 9.47 Å². The first-order valence-corrected chi connectivity index (χ1v) is 8.08. The van der Waals surface area contributed by atoms with Gasteiger partial charge in [-0.3, -0.25) is 0 Å². The number of nitrogens with zero attached hydrogens (tertiary/aromatic N) is 1. The van der Waals surface area contributed by atoms with Gasteiger partial charge in [-0.15, -0.1) is 0 Å². The van der Waals surface area contributed by atoms with Gasteiger partial charge in [0.1, 0.15) is 17.4 Å². The molecule has 0 aliphatic rings. The molecule has 0 N–H and O–H groups in total. The number of benzene rings is 1. The SMILES string of the molecule is COc1ccc(COC(=O)c2cccnc2SC(F)F)cc1Br. The monoisotopic (exact) mass is 403 g/mol. The van der Waals surface area contributed by atoms with Crippen LogP contribution in [0.25, 0.3) is 0 Å². The number of carbonyl (C=O) groups is 1. The molecule has 2 aromatic rings. The van der Waals surface area contributed by atoms with E-state index < -0.39 is 11.7 Å². The van der Waals surface area contributed by atoms with Gasteiger partial charge in [-0.05, 0) is 57.5 Å². The van der Waals surface area contributed by atoms with E-state index in [9.17, 15) is 13.6 Å². The molecule has 0 amide bonds. The average molecular weight is 404 g/mol. The number of methoxy groups -OCH3 is 1. The lowest BCUT2D eigenvalue weighted by molar-refractivity contribution is 0.0467. The number of hydrogen-bond donors (Lipinski definition) is 0. The minimum atomic E-state index is -2.66. The third-order valence-corrected chi connectivity index (χ3v) is 4.12. The van der Waals surface area contributed by atoms with Crippen molar-refractivity contribution < 1.29 is 23.0 Å². The van der Waals surface area contributed by atoms with Gasteiger partial charge in [-0.1, -0.05) is 6.07 Å². The van der Waals surface area contributed by atoms with E-state index >= 15 is 0 Å². The van der Waals surface area contributed by atoms with Crippen molar-refractivity contribution in [3.05, 3.63) is 52.1 Å². The Balaban J connectivity index is 2.07. The van der Waals surface area contributed by atoms with Gasteiger partial charge in [-0.25, -0.2) is 9.78 Å². The smallest absolute Gasteiger partial charge is 0.341 e. The van der Waals surface area contributed by atoms with Crippen molar-refractivity contribution in [3.8, 4) is 5.75 Å². The number of rotatable bonds is 6. The highest BCUT2D eigenvalue weighted by Gasteiger charge is 2.18. The summed E-state index contributed by atoms with van der Waals surface area (Å²) in [6.45, 7) is 0.00903. The van der Waals surface area contributed by atoms with Crippen molar-refractivity contribution in [2.45, 2.75) is 17.4 Å². The molecule has 23 heavy (non-hydrogen) atoms. The van der Waals surface area contributed by atoms with Crippen molar-refractivity contribution in [3.63, 3.8) is 0 Å². The minimum absolute atomic E-state index is 0.00903. The van der Waals surface area contributed by atoms with E-state index in [1.807, 2.05) is 0 Å². The summed E-state index contributed by atoms with van der Waals surface area (Å²) in [6.07, 6.45) is 1.35. The van der Waals surface area contributed by atoms with Crippen LogP contribution in [-0.4, -0.2) is 23.8 Å². The van der Waals surface area contributed by atoms with Crippen molar-refractivity contribution in [2.75, 3.05) is 7.11 Å². The van der Waals surface area contributed by atoms with Crippen molar-refractivity contribution in [1.29, 1.82) is 0 Å². The highest BCUT2D eigenvalue weighted by molar-refractivity contribution is 9.10. The summed E-state index contributed by atoms with van der Waals surface area (Å²) >= 11 is 3.55. The highest BCUT2D eigenvalue weighted by Crippen LogP contribution is 2.28. The maximum atomic E-state index is 12.5. The summed E-state index contributed by atoms with van der Waals surface area (Å²) < 4.78 is 36.0. The van der Waals surface area contributed by atoms with Crippen LogP contribution in [0.1, 0.15) is 15.9 Å². The first-order valence-electron chi connectivity index (χ1n) is 6.40. The molecule has 2 rings (SSSR count). The number of halogens is 3. The van der Waals surface area contributed by atoms with E-state index in [0.29, 0.717) is 5.75 Å². The zero-order valence-electron chi connectivity index (χ0n) is 12.0. The lowest BCUT2D eigenvalue weighted by Gasteiger charge is -2.09. The van der Waals surface area contributed by atoms with Crippen LogP contribution < -0.4 is 4.74 Å². The van der Waals surface area contributed by atoms with E-state index in [-0.39, 0.29) is 29.0 Å². The Morgan fingerprint density at radius 2 is 2.17 bits per heavy atom. The molecule has 0 unspecified atom stereocenters. The second-order valence-corrected chi connectivity index (χ2v) is 6.11. The fourth-order valence-electron chi connectivity index (χ4n) is 1.75. The van der Waals surface area contributed by atoms with Gasteiger partial charge in [0, 0.05) is 6.20 Å². The fourth-order valence-corrected chi connectivity index (χ4v) is 2.91. The molecule has 0 spiro atoms. The molecule has 0 saturated carbocycles. The lowest BCUT2D eigenvalue weighted by atomic mass is 10.2. The molecule has 122 valence electrons. The molecule has 0 bridgehead atoms. The van der Waals surface area contributed by atoms with Crippen molar-refractivity contribution >= 4 is 33.7 Å². The Morgan fingerprint density at radius 3 is 2.83 bits per heavy atom. The van der Waals surface area contributed by atoms with E-state index in [1.165, 1.54) is 18.3 Å². The minimum Gasteiger partial charge on any atom is -0.496 e. The summed E-state index contributed by atoms with van der Waals surface area (Å²) in [6, 6.07) is 8.13. The summed E-state index contributed by atoms with van der Waals surface area (Å²) in [4.78, 5) is 15.9. The van der Waals surface area contributed by atoms with Crippen molar-refractivity contribution in [2.24, 2.45) is 0 Å². The zero-order valence-corrected chi connectivity index (χ0v) is 14.4. The number of thioether (sulfide) groups is 1. The summed E-state index contributed by atoms with van der Waals surface area (Å²) in [5, 5.41) is -0.0524. The van der Waals surface area contributed by atoms with Crippen LogP contribution in [0.5, 0.6) is 5.75 Å². The molecule has 1 aromatic heterocycles. The Kier molecular flexibility index (Phi) is 6.35.